The first-order valence-electron chi connectivity index (χ1n) is 23.4. The Morgan fingerprint density at radius 2 is 0.494 bits per heavy atom. The summed E-state index contributed by atoms with van der Waals surface area (Å²) in [5, 5.41) is 83.9. The number of aliphatic carboxylic acids is 4. The number of aliphatic hydroxyl groups is 1. The van der Waals surface area contributed by atoms with E-state index < -0.39 is 48.0 Å². The summed E-state index contributed by atoms with van der Waals surface area (Å²) in [6, 6.07) is 44.1. The van der Waals surface area contributed by atoms with Crippen LogP contribution in [-0.2, 0) is 77.8 Å². The van der Waals surface area contributed by atoms with Crippen LogP contribution in [0.25, 0.3) is 22.8 Å². The second kappa shape index (κ2) is 45.9. The van der Waals surface area contributed by atoms with Crippen LogP contribution in [0.2, 0.25) is 0 Å². The van der Waals surface area contributed by atoms with Crippen molar-refractivity contribution in [3.8, 4) is 45.8 Å². The van der Waals surface area contributed by atoms with Crippen molar-refractivity contribution in [2.24, 2.45) is 22.9 Å². The van der Waals surface area contributed by atoms with Crippen LogP contribution in [0, 0.1) is 0 Å². The number of phenols is 4. The van der Waals surface area contributed by atoms with Gasteiger partial charge in [-0.05, 0) is 145 Å². The van der Waals surface area contributed by atoms with Crippen LogP contribution >= 0.6 is 0 Å². The first-order valence-corrected chi connectivity index (χ1v) is 23.4. The summed E-state index contributed by atoms with van der Waals surface area (Å²) >= 11 is 0. The van der Waals surface area contributed by atoms with Crippen molar-refractivity contribution >= 4 is 23.9 Å². The van der Waals surface area contributed by atoms with Crippen LogP contribution in [-0.4, -0.2) is 117 Å². The van der Waals surface area contributed by atoms with Gasteiger partial charge in [-0.3, -0.25) is 19.9 Å². The van der Waals surface area contributed by atoms with Crippen molar-refractivity contribution in [2.45, 2.75) is 49.9 Å². The number of carbonyl (C=O) groups excluding carboxylic acids is 4. The number of rotatable bonds is 14. The molecule has 8 rings (SSSR count). The molecule has 8 aromatic rings. The average molecular weight is 1240 g/mol. The summed E-state index contributed by atoms with van der Waals surface area (Å²) < 4.78 is 0. The maximum atomic E-state index is 10.3. The SMILES string of the molecule is CO.N[C@@H](Cc1ccc(O)cc1)C(=O)[O-].N[C@@H](Cc1ccc(O)cc1)C(=O)[O-].N[C@@H](Cc1ccc(O)cc1)C(=O)[O-].N[C@@H](Cc1ccc(O)cc1)C(=O)[O-].O.O.O.[Ni+2].[Ni+2].c1ccc(-c2ccccn2)nc1.c1ccc(-c2ccccn2)nc1. The normalized spacial score (nSPS) is 10.6. The Bertz CT molecular complexity index is 2530. The van der Waals surface area contributed by atoms with E-state index in [1.165, 1.54) is 48.5 Å². The molecule has 0 fully saturated rings. The van der Waals surface area contributed by atoms with Gasteiger partial charge in [-0.15, -0.1) is 0 Å². The molecule has 4 atom stereocenters. The monoisotopic (exact) mass is 1230 g/mol. The van der Waals surface area contributed by atoms with E-state index >= 15 is 0 Å². The number of carbonyl (C=O) groups is 4. The number of phenolic OH excluding ortho intramolecular Hbond substituents is 4. The molecule has 4 heterocycles. The Morgan fingerprint density at radius 1 is 0.337 bits per heavy atom. The zero-order chi connectivity index (χ0) is 57.8. The molecule has 450 valence electrons. The minimum atomic E-state index is -1.27. The number of carboxylic acid groups (broad SMARTS) is 4. The Kier molecular flexibility index (Phi) is 44.6. The molecule has 0 saturated heterocycles. The number of hydrogen-bond acceptors (Lipinski definition) is 21. The van der Waals surface area contributed by atoms with Gasteiger partial charge >= 0.3 is 33.0 Å². The molecule has 0 spiro atoms. The quantitative estimate of drug-likeness (QED) is 0.0507. The molecule has 4 aromatic carbocycles. The second-order valence-corrected chi connectivity index (χ2v) is 16.0. The molecule has 4 aromatic heterocycles. The Morgan fingerprint density at radius 3 is 0.614 bits per heavy atom. The minimum absolute atomic E-state index is 0. The summed E-state index contributed by atoms with van der Waals surface area (Å²) in [6.07, 6.45) is 7.92. The predicted molar refractivity (Wildman–Crippen MR) is 293 cm³/mol. The van der Waals surface area contributed by atoms with Gasteiger partial charge in [0.2, 0.25) is 0 Å². The molecule has 19 N–H and O–H groups in total. The summed E-state index contributed by atoms with van der Waals surface area (Å²) in [5.41, 5.74) is 27.7. The molecule has 24 nitrogen and oxygen atoms in total. The molecule has 0 amide bonds. The summed E-state index contributed by atoms with van der Waals surface area (Å²) in [5.74, 6) is -4.50. The number of hydrogen-bond donors (Lipinski definition) is 9. The predicted octanol–water partition coefficient (Wildman–Crippen LogP) is -2.54. The zero-order valence-electron chi connectivity index (χ0n) is 44.3. The molecule has 0 bridgehead atoms. The van der Waals surface area contributed by atoms with Gasteiger partial charge in [0.15, 0.2) is 0 Å². The fraction of sp³-hybridized carbons (Fsp3) is 0.158. The van der Waals surface area contributed by atoms with Crippen LogP contribution < -0.4 is 43.4 Å². The topological polar surface area (TPSA) is 512 Å². The third kappa shape index (κ3) is 34.9. The number of aliphatic hydroxyl groups excluding tert-OH is 1. The van der Waals surface area contributed by atoms with Crippen molar-refractivity contribution in [2.75, 3.05) is 7.11 Å². The van der Waals surface area contributed by atoms with E-state index in [2.05, 4.69) is 19.9 Å². The Hall–Kier alpha value is -8.77. The van der Waals surface area contributed by atoms with Gasteiger partial charge < -0.3 is 105 Å². The zero-order valence-corrected chi connectivity index (χ0v) is 46.3. The van der Waals surface area contributed by atoms with Crippen molar-refractivity contribution in [3.63, 3.8) is 0 Å². The number of pyridine rings is 4. The third-order valence-electron chi connectivity index (χ3n) is 9.96. The van der Waals surface area contributed by atoms with Gasteiger partial charge in [-0.2, -0.15) is 0 Å². The van der Waals surface area contributed by atoms with Gasteiger partial charge in [-0.25, -0.2) is 0 Å². The van der Waals surface area contributed by atoms with Crippen LogP contribution in [0.3, 0.4) is 0 Å². The molecule has 26 heteroatoms. The van der Waals surface area contributed by atoms with Gasteiger partial charge in [0.05, 0.1) is 46.7 Å². The third-order valence-corrected chi connectivity index (χ3v) is 9.96. The van der Waals surface area contributed by atoms with E-state index in [4.69, 9.17) is 48.5 Å². The largest absolute Gasteiger partial charge is 2.00 e. The van der Waals surface area contributed by atoms with E-state index in [9.17, 15) is 39.6 Å². The fourth-order valence-electron chi connectivity index (χ4n) is 5.93. The molecule has 0 aliphatic rings. The average Bonchev–Trinajstić information content (AvgIpc) is 3.47. The summed E-state index contributed by atoms with van der Waals surface area (Å²) in [7, 11) is 1.00. The van der Waals surface area contributed by atoms with Crippen molar-refractivity contribution in [3.05, 3.63) is 217 Å². The van der Waals surface area contributed by atoms with E-state index in [0.717, 1.165) is 52.1 Å². The summed E-state index contributed by atoms with van der Waals surface area (Å²) in [6.45, 7) is 0. The molecular weight excluding hydrogens is 1170 g/mol. The maximum absolute atomic E-state index is 10.3. The first-order chi connectivity index (χ1) is 37.3. The van der Waals surface area contributed by atoms with E-state index in [1.54, 1.807) is 73.3 Å². The standard InChI is InChI=1S/2C10H8N2.4C9H11NO3.CH4O.2Ni.3H2O/c2*1-3-7-11-9(5-1)10-6-2-4-8-12-10;4*10-8(9(12)13)5-6-1-3-7(11)4-2-6;1-2;;;;;/h2*1-8H;4*1-4,8,11H,5,10H2,(H,12,13);2H,1H3;;;3*1H2/q;;;;;;;2*+2;;;/p-4/t;;4*8-;;;;;;/m..0000....../s1. The number of aromatic nitrogens is 4. The van der Waals surface area contributed by atoms with Crippen LogP contribution in [0.5, 0.6) is 23.0 Å². The molecule has 0 aliphatic carbocycles. The van der Waals surface area contributed by atoms with Crippen LogP contribution in [0.4, 0.5) is 0 Å². The van der Waals surface area contributed by atoms with Crippen LogP contribution in [0.1, 0.15) is 22.3 Å². The van der Waals surface area contributed by atoms with Gasteiger partial charge in [-0.1, -0.05) is 72.8 Å². The number of nitrogens with zero attached hydrogens (tertiary/aromatic N) is 4. The molecule has 0 saturated carbocycles. The minimum Gasteiger partial charge on any atom is -0.548 e. The number of carboxylic acids is 4. The van der Waals surface area contributed by atoms with E-state index in [0.29, 0.717) is 0 Å². The fourth-order valence-corrected chi connectivity index (χ4v) is 5.93. The van der Waals surface area contributed by atoms with Gasteiger partial charge in [0.25, 0.3) is 0 Å². The molecule has 0 unspecified atom stereocenters. The number of aromatic hydroxyl groups is 4. The summed E-state index contributed by atoms with van der Waals surface area (Å²) in [4.78, 5) is 57.9. The molecular formula is C57H66N8Ni2O16. The molecule has 0 aliphatic heterocycles. The van der Waals surface area contributed by atoms with Crippen molar-refractivity contribution < 1.29 is 115 Å². The van der Waals surface area contributed by atoms with Crippen LogP contribution in [0.15, 0.2) is 195 Å². The van der Waals surface area contributed by atoms with Gasteiger partial charge in [0.1, 0.15) is 23.0 Å². The number of benzene rings is 4. The second-order valence-electron chi connectivity index (χ2n) is 16.0. The van der Waals surface area contributed by atoms with E-state index in [-0.39, 0.29) is 98.1 Å². The Balaban J connectivity index is -0.000000443. The first kappa shape index (κ1) is 80.7. The molecule has 83 heavy (non-hydrogen) atoms. The van der Waals surface area contributed by atoms with Crippen molar-refractivity contribution in [1.82, 2.24) is 19.9 Å². The Labute approximate surface area is 498 Å². The molecule has 0 radical (unpaired) electrons. The number of nitrogens with two attached hydrogens (primary N) is 4. The smallest absolute Gasteiger partial charge is 0.548 e. The van der Waals surface area contributed by atoms with Gasteiger partial charge in [0, 0.05) is 56.1 Å². The van der Waals surface area contributed by atoms with Crippen molar-refractivity contribution in [1.29, 1.82) is 0 Å². The van der Waals surface area contributed by atoms with E-state index in [1.807, 2.05) is 72.8 Å². The maximum Gasteiger partial charge on any atom is 2.00 e.